The van der Waals surface area contributed by atoms with Gasteiger partial charge in [0.2, 0.25) is 0 Å². The molecule has 3 rings (SSSR count). The molecule has 34 heavy (non-hydrogen) atoms. The largest absolute Gasteiger partial charge is 0.417 e. The van der Waals surface area contributed by atoms with Gasteiger partial charge >= 0.3 is 6.18 Å². The SMILES string of the molecule is CC1(C)C(=O)N(c2ccc(C#N)c(C(F)(F)F)c2)C(=S)N1C1CCC(OCCBr)CC1.ClCCl. The van der Waals surface area contributed by atoms with Gasteiger partial charge in [-0.05, 0) is 69.9 Å². The molecule has 1 aliphatic carbocycles. The van der Waals surface area contributed by atoms with Gasteiger partial charge in [0.1, 0.15) is 5.54 Å². The summed E-state index contributed by atoms with van der Waals surface area (Å²) in [6.45, 7) is 4.11. The molecule has 1 aromatic carbocycles. The van der Waals surface area contributed by atoms with Crippen LogP contribution in [0.25, 0.3) is 0 Å². The third-order valence-corrected chi connectivity index (χ3v) is 6.56. The summed E-state index contributed by atoms with van der Waals surface area (Å²) in [5, 5.41) is 10.2. The van der Waals surface area contributed by atoms with Gasteiger partial charge in [0, 0.05) is 11.4 Å². The van der Waals surface area contributed by atoms with E-state index in [-0.39, 0.29) is 34.2 Å². The number of nitriles is 1. The molecular formula is C22H25BrCl2F3N3O2S. The maximum atomic E-state index is 13.4. The Morgan fingerprint density at radius 1 is 1.26 bits per heavy atom. The van der Waals surface area contributed by atoms with Crippen LogP contribution in [0.5, 0.6) is 0 Å². The fraction of sp³-hybridized carbons (Fsp3) is 0.591. The zero-order chi connectivity index (χ0) is 25.7. The lowest BCUT2D eigenvalue weighted by molar-refractivity contribution is -0.137. The summed E-state index contributed by atoms with van der Waals surface area (Å²) in [5.74, 6) is -0.381. The lowest BCUT2D eigenvalue weighted by Gasteiger charge is -2.40. The minimum absolute atomic E-state index is 0.000684. The highest BCUT2D eigenvalue weighted by Crippen LogP contribution is 2.40. The molecule has 1 aromatic rings. The minimum Gasteiger partial charge on any atom is -0.377 e. The van der Waals surface area contributed by atoms with Crippen LogP contribution >= 0.6 is 51.3 Å². The Morgan fingerprint density at radius 2 is 1.85 bits per heavy atom. The molecule has 2 aliphatic rings. The van der Waals surface area contributed by atoms with E-state index in [9.17, 15) is 18.0 Å². The highest BCUT2D eigenvalue weighted by molar-refractivity contribution is 9.09. The minimum atomic E-state index is -4.71. The number of rotatable bonds is 5. The number of hydrogen-bond donors (Lipinski definition) is 0. The molecule has 1 saturated heterocycles. The van der Waals surface area contributed by atoms with E-state index in [1.807, 2.05) is 4.90 Å². The lowest BCUT2D eigenvalue weighted by Crippen LogP contribution is -2.51. The van der Waals surface area contributed by atoms with Gasteiger partial charge in [0.15, 0.2) is 5.11 Å². The van der Waals surface area contributed by atoms with E-state index in [1.165, 1.54) is 11.0 Å². The average molecular weight is 603 g/mol. The van der Waals surface area contributed by atoms with Gasteiger partial charge in [-0.15, -0.1) is 23.2 Å². The first-order valence-electron chi connectivity index (χ1n) is 10.5. The third kappa shape index (κ3) is 6.35. The van der Waals surface area contributed by atoms with Crippen LogP contribution in [-0.4, -0.2) is 50.9 Å². The second kappa shape index (κ2) is 12.2. The first kappa shape index (κ1) is 29.1. The van der Waals surface area contributed by atoms with Crippen LogP contribution in [0.3, 0.4) is 0 Å². The quantitative estimate of drug-likeness (QED) is 0.287. The van der Waals surface area contributed by atoms with Gasteiger partial charge in [-0.3, -0.25) is 9.69 Å². The zero-order valence-corrected chi connectivity index (χ0v) is 22.6. The summed E-state index contributed by atoms with van der Waals surface area (Å²) in [7, 11) is 0. The fourth-order valence-electron chi connectivity index (χ4n) is 4.34. The highest BCUT2D eigenvalue weighted by atomic mass is 79.9. The summed E-state index contributed by atoms with van der Waals surface area (Å²) in [6, 6.07) is 4.80. The second-order valence-electron chi connectivity index (χ2n) is 8.28. The van der Waals surface area contributed by atoms with Gasteiger partial charge < -0.3 is 9.64 Å². The van der Waals surface area contributed by atoms with E-state index < -0.39 is 22.8 Å². The Bertz CT molecular complexity index is 935. The van der Waals surface area contributed by atoms with Crippen LogP contribution in [0.15, 0.2) is 18.2 Å². The van der Waals surface area contributed by atoms with Crippen molar-refractivity contribution < 1.29 is 22.7 Å². The molecule has 1 saturated carbocycles. The summed E-state index contributed by atoms with van der Waals surface area (Å²) in [6.07, 6.45) is -1.34. The number of nitrogens with zero attached hydrogens (tertiary/aromatic N) is 3. The Hall–Kier alpha value is -1.12. The molecule has 0 atom stereocenters. The van der Waals surface area contributed by atoms with Gasteiger partial charge in [0.25, 0.3) is 5.91 Å². The Labute approximate surface area is 221 Å². The Kier molecular flexibility index (Phi) is 10.5. The molecule has 0 N–H and O–H groups in total. The topological polar surface area (TPSA) is 56.6 Å². The molecule has 1 amide bonds. The number of carbonyl (C=O) groups excluding carboxylic acids is 1. The number of halogens is 6. The number of thiocarbonyl (C=S) groups is 1. The van der Waals surface area contributed by atoms with Crippen LogP contribution < -0.4 is 4.90 Å². The molecule has 0 radical (unpaired) electrons. The molecule has 0 bridgehead atoms. The molecular weight excluding hydrogens is 578 g/mol. The van der Waals surface area contributed by atoms with Crippen LogP contribution in [-0.2, 0) is 15.7 Å². The van der Waals surface area contributed by atoms with Gasteiger partial charge in [-0.1, -0.05) is 15.9 Å². The van der Waals surface area contributed by atoms with E-state index in [0.29, 0.717) is 6.61 Å². The fourth-order valence-corrected chi connectivity index (χ4v) is 5.09. The first-order valence-corrected chi connectivity index (χ1v) is 13.1. The highest BCUT2D eigenvalue weighted by Gasteiger charge is 2.52. The van der Waals surface area contributed by atoms with E-state index >= 15 is 0 Å². The van der Waals surface area contributed by atoms with Crippen molar-refractivity contribution in [2.45, 2.75) is 63.4 Å². The number of amides is 1. The van der Waals surface area contributed by atoms with Gasteiger partial charge in [-0.25, -0.2) is 0 Å². The van der Waals surface area contributed by atoms with E-state index in [2.05, 4.69) is 15.9 Å². The van der Waals surface area contributed by atoms with Crippen molar-refractivity contribution >= 4 is 68.1 Å². The van der Waals surface area contributed by atoms with Gasteiger partial charge in [0.05, 0.1) is 40.9 Å². The first-order chi connectivity index (χ1) is 15.9. The van der Waals surface area contributed by atoms with Crippen molar-refractivity contribution in [3.8, 4) is 6.07 Å². The summed E-state index contributed by atoms with van der Waals surface area (Å²) in [4.78, 5) is 16.3. The normalized spacial score (nSPS) is 22.3. The van der Waals surface area contributed by atoms with Crippen LogP contribution in [0, 0.1) is 11.3 Å². The summed E-state index contributed by atoms with van der Waals surface area (Å²) >= 11 is 18.5. The predicted octanol–water partition coefficient (Wildman–Crippen LogP) is 6.43. The predicted molar refractivity (Wildman–Crippen MR) is 135 cm³/mol. The molecule has 2 fully saturated rings. The summed E-state index contributed by atoms with van der Waals surface area (Å²) in [5.41, 5.74) is -2.54. The Morgan fingerprint density at radius 3 is 2.35 bits per heavy atom. The van der Waals surface area contributed by atoms with Crippen molar-refractivity contribution in [3.63, 3.8) is 0 Å². The van der Waals surface area contributed by atoms with Gasteiger partial charge in [-0.2, -0.15) is 18.4 Å². The van der Waals surface area contributed by atoms with Crippen LogP contribution in [0.1, 0.15) is 50.7 Å². The molecule has 5 nitrogen and oxygen atoms in total. The number of hydrogen-bond acceptors (Lipinski definition) is 4. The number of alkyl halides is 6. The van der Waals surface area contributed by atoms with Crippen molar-refractivity contribution in [3.05, 3.63) is 29.3 Å². The number of benzene rings is 1. The third-order valence-electron chi connectivity index (χ3n) is 5.85. The second-order valence-corrected chi connectivity index (χ2v) is 10.2. The van der Waals surface area contributed by atoms with E-state index in [1.54, 1.807) is 19.9 Å². The van der Waals surface area contributed by atoms with Crippen molar-refractivity contribution in [1.29, 1.82) is 5.26 Å². The van der Waals surface area contributed by atoms with Crippen molar-refractivity contribution in [1.82, 2.24) is 4.90 Å². The standard InChI is InChI=1S/C21H23BrF3N3O2S.CH2Cl2/c1-20(2)18(29)27(15-4-3-13(12-26)17(11-15)21(23,24)25)19(31)28(20)14-5-7-16(8-6-14)30-10-9-22;2-1-3/h3-4,11,14,16H,5-10H2,1-2H3;1H2. The monoisotopic (exact) mass is 601 g/mol. The number of ether oxygens (including phenoxy) is 1. The molecule has 1 heterocycles. The van der Waals surface area contributed by atoms with Crippen LogP contribution in [0.4, 0.5) is 18.9 Å². The molecule has 1 aliphatic heterocycles. The maximum Gasteiger partial charge on any atom is 0.417 e. The van der Waals surface area contributed by atoms with Crippen molar-refractivity contribution in [2.24, 2.45) is 0 Å². The zero-order valence-electron chi connectivity index (χ0n) is 18.7. The number of carbonyl (C=O) groups is 1. The molecule has 0 spiro atoms. The summed E-state index contributed by atoms with van der Waals surface area (Å²) < 4.78 is 46.1. The van der Waals surface area contributed by atoms with Crippen molar-refractivity contribution in [2.75, 3.05) is 22.2 Å². The van der Waals surface area contributed by atoms with Crippen LogP contribution in [0.2, 0.25) is 0 Å². The van der Waals surface area contributed by atoms with E-state index in [0.717, 1.165) is 43.1 Å². The Balaban J connectivity index is 0.00000129. The lowest BCUT2D eigenvalue weighted by atomic mass is 9.89. The average Bonchev–Trinajstić information content (AvgIpc) is 2.96. The molecule has 12 heteroatoms. The number of anilines is 1. The van der Waals surface area contributed by atoms with E-state index in [4.69, 9.17) is 45.4 Å². The smallest absolute Gasteiger partial charge is 0.377 e. The molecule has 0 unspecified atom stereocenters. The maximum absolute atomic E-state index is 13.4. The molecule has 188 valence electrons. The molecule has 0 aromatic heterocycles.